The highest BCUT2D eigenvalue weighted by Gasteiger charge is 2.33. The number of hydrogen-bond donors (Lipinski definition) is 1. The van der Waals surface area contributed by atoms with Crippen LogP contribution in [-0.2, 0) is 12.8 Å². The summed E-state index contributed by atoms with van der Waals surface area (Å²) in [6, 6.07) is 17.1. The lowest BCUT2D eigenvalue weighted by Crippen LogP contribution is -2.27. The van der Waals surface area contributed by atoms with Crippen molar-refractivity contribution >= 4 is 45.7 Å². The third-order valence-electron chi connectivity index (χ3n) is 5.93. The third-order valence-corrected chi connectivity index (χ3v) is 7.35. The Morgan fingerprint density at radius 3 is 2.52 bits per heavy atom. The van der Waals surface area contributed by atoms with Gasteiger partial charge in [-0.05, 0) is 66.0 Å². The van der Waals surface area contributed by atoms with Crippen molar-refractivity contribution in [2.24, 2.45) is 16.3 Å². The molecule has 2 aromatic carbocycles. The molecule has 31 heavy (non-hydrogen) atoms. The van der Waals surface area contributed by atoms with Gasteiger partial charge in [0.1, 0.15) is 5.00 Å². The summed E-state index contributed by atoms with van der Waals surface area (Å²) in [5.41, 5.74) is 3.89. The van der Waals surface area contributed by atoms with E-state index in [4.69, 9.17) is 16.6 Å². The first-order chi connectivity index (χ1) is 14.8. The number of carbonyl (C=O) groups is 1. The molecule has 0 aliphatic heterocycles. The first-order valence-corrected chi connectivity index (χ1v) is 11.8. The van der Waals surface area contributed by atoms with Gasteiger partial charge < -0.3 is 5.32 Å². The van der Waals surface area contributed by atoms with Crippen LogP contribution in [0.25, 0.3) is 0 Å². The van der Waals surface area contributed by atoms with Gasteiger partial charge in [0.25, 0.3) is 5.91 Å². The summed E-state index contributed by atoms with van der Waals surface area (Å²) in [5, 5.41) is 4.53. The Labute approximate surface area is 193 Å². The molecule has 3 aromatic rings. The van der Waals surface area contributed by atoms with Crippen molar-refractivity contribution in [3.8, 4) is 0 Å². The zero-order valence-corrected chi connectivity index (χ0v) is 19.7. The molecule has 1 aliphatic carbocycles. The maximum atomic E-state index is 13.3. The summed E-state index contributed by atoms with van der Waals surface area (Å²) in [5.74, 6) is 0.526. The molecule has 1 unspecified atom stereocenters. The van der Waals surface area contributed by atoms with Crippen molar-refractivity contribution in [3.05, 3.63) is 81.2 Å². The van der Waals surface area contributed by atoms with Crippen molar-refractivity contribution in [1.82, 2.24) is 0 Å². The van der Waals surface area contributed by atoms with Crippen LogP contribution in [0.4, 0.5) is 10.7 Å². The molecular formula is C26H27ClN2OS. The third kappa shape index (κ3) is 5.08. The highest BCUT2D eigenvalue weighted by molar-refractivity contribution is 7.16. The Balaban J connectivity index is 1.69. The average Bonchev–Trinajstić information content (AvgIpc) is 3.11. The summed E-state index contributed by atoms with van der Waals surface area (Å²) in [7, 11) is 0. The number of thiophene rings is 1. The van der Waals surface area contributed by atoms with Gasteiger partial charge >= 0.3 is 0 Å². The number of nitrogens with zero attached hydrogens (tertiary/aromatic N) is 1. The Hall–Kier alpha value is -2.43. The number of rotatable bonds is 4. The smallest absolute Gasteiger partial charge is 0.259 e. The largest absolute Gasteiger partial charge is 0.322 e. The molecule has 3 nitrogen and oxygen atoms in total. The molecule has 4 rings (SSSR count). The number of nitrogens with one attached hydrogen (secondary N) is 1. The number of carbonyl (C=O) groups excluding carboxylic acids is 1. The lowest BCUT2D eigenvalue weighted by molar-refractivity contribution is 0.102. The van der Waals surface area contributed by atoms with Crippen molar-refractivity contribution < 1.29 is 4.79 Å². The maximum absolute atomic E-state index is 13.3. The van der Waals surface area contributed by atoms with E-state index in [1.54, 1.807) is 11.3 Å². The Kier molecular flexibility index (Phi) is 6.31. The number of fused-ring (bicyclic) bond motifs is 1. The number of hydrogen-bond acceptors (Lipinski definition) is 3. The molecule has 0 bridgehead atoms. The number of amides is 1. The van der Waals surface area contributed by atoms with Gasteiger partial charge in [0, 0.05) is 21.8 Å². The molecule has 0 radical (unpaired) electrons. The van der Waals surface area contributed by atoms with E-state index in [0.717, 1.165) is 41.1 Å². The van der Waals surface area contributed by atoms with E-state index in [1.807, 2.05) is 60.8 Å². The molecule has 1 aliphatic rings. The van der Waals surface area contributed by atoms with Gasteiger partial charge in [-0.2, -0.15) is 0 Å². The second kappa shape index (κ2) is 8.97. The quantitative estimate of drug-likeness (QED) is 0.409. The number of aliphatic imine (C=N–C) groups is 1. The van der Waals surface area contributed by atoms with Gasteiger partial charge in [-0.1, -0.05) is 62.7 Å². The van der Waals surface area contributed by atoms with E-state index >= 15 is 0 Å². The topological polar surface area (TPSA) is 41.5 Å². The summed E-state index contributed by atoms with van der Waals surface area (Å²) in [6.45, 7) is 6.91. The van der Waals surface area contributed by atoms with Gasteiger partial charge in [0.2, 0.25) is 0 Å². The van der Waals surface area contributed by atoms with Gasteiger partial charge in [-0.3, -0.25) is 4.79 Å². The van der Waals surface area contributed by atoms with Gasteiger partial charge in [0.05, 0.1) is 5.56 Å². The molecule has 1 heterocycles. The predicted octanol–water partition coefficient (Wildman–Crippen LogP) is 7.56. The zero-order chi connectivity index (χ0) is 22.0. The van der Waals surface area contributed by atoms with Crippen LogP contribution in [0.2, 0.25) is 5.02 Å². The normalized spacial score (nSPS) is 16.3. The van der Waals surface area contributed by atoms with Crippen LogP contribution in [0, 0.1) is 11.3 Å². The molecule has 0 saturated carbocycles. The Morgan fingerprint density at radius 1 is 1.13 bits per heavy atom. The zero-order valence-electron chi connectivity index (χ0n) is 18.1. The second-order valence-electron chi connectivity index (χ2n) is 9.12. The SMILES string of the molecule is CC(C)(C)C1CCc2c(sc(N=Cc3ccc(Cl)cc3)c2C(=O)Nc2ccccc2)C1. The molecule has 1 amide bonds. The van der Waals surface area contributed by atoms with Crippen LogP contribution in [0.15, 0.2) is 59.6 Å². The fourth-order valence-corrected chi connectivity index (χ4v) is 5.43. The summed E-state index contributed by atoms with van der Waals surface area (Å²) in [4.78, 5) is 19.4. The van der Waals surface area contributed by atoms with Crippen LogP contribution in [-0.4, -0.2) is 12.1 Å². The predicted molar refractivity (Wildman–Crippen MR) is 132 cm³/mol. The van der Waals surface area contributed by atoms with Crippen molar-refractivity contribution in [1.29, 1.82) is 0 Å². The minimum atomic E-state index is -0.0823. The van der Waals surface area contributed by atoms with E-state index < -0.39 is 0 Å². The summed E-state index contributed by atoms with van der Waals surface area (Å²) >= 11 is 7.65. The summed E-state index contributed by atoms with van der Waals surface area (Å²) in [6.07, 6.45) is 4.83. The lowest BCUT2D eigenvalue weighted by Gasteiger charge is -2.33. The molecular weight excluding hydrogens is 424 g/mol. The number of halogens is 1. The molecule has 5 heteroatoms. The second-order valence-corrected chi connectivity index (χ2v) is 10.6. The standard InChI is InChI=1S/C26H27ClN2OS/c1-26(2,3)18-11-14-21-22(15-18)31-25(28-16-17-9-12-19(27)13-10-17)23(21)24(30)29-20-7-5-4-6-8-20/h4-10,12-13,16,18H,11,14-15H2,1-3H3,(H,29,30). The first kappa shape index (κ1) is 21.8. The highest BCUT2D eigenvalue weighted by Crippen LogP contribution is 2.45. The minimum Gasteiger partial charge on any atom is -0.322 e. The van der Waals surface area contributed by atoms with Crippen LogP contribution in [0.1, 0.15) is 53.6 Å². The maximum Gasteiger partial charge on any atom is 0.259 e. The molecule has 1 N–H and O–H groups in total. The van der Waals surface area contributed by atoms with Crippen LogP contribution in [0.5, 0.6) is 0 Å². The number of para-hydroxylation sites is 1. The highest BCUT2D eigenvalue weighted by atomic mass is 35.5. The summed E-state index contributed by atoms with van der Waals surface area (Å²) < 4.78 is 0. The van der Waals surface area contributed by atoms with Crippen LogP contribution >= 0.6 is 22.9 Å². The van der Waals surface area contributed by atoms with Crippen LogP contribution < -0.4 is 5.32 Å². The van der Waals surface area contributed by atoms with Gasteiger partial charge in [0.15, 0.2) is 0 Å². The average molecular weight is 451 g/mol. The monoisotopic (exact) mass is 450 g/mol. The fourth-order valence-electron chi connectivity index (χ4n) is 4.03. The van der Waals surface area contributed by atoms with E-state index in [1.165, 1.54) is 10.4 Å². The molecule has 0 spiro atoms. The molecule has 1 aromatic heterocycles. The van der Waals surface area contributed by atoms with E-state index in [0.29, 0.717) is 10.9 Å². The molecule has 0 fully saturated rings. The van der Waals surface area contributed by atoms with Crippen molar-refractivity contribution in [2.45, 2.75) is 40.0 Å². The molecule has 0 saturated heterocycles. The number of anilines is 1. The molecule has 1 atom stereocenters. The Bertz CT molecular complexity index is 1090. The Morgan fingerprint density at radius 2 is 1.84 bits per heavy atom. The van der Waals surface area contributed by atoms with Crippen molar-refractivity contribution in [3.63, 3.8) is 0 Å². The first-order valence-electron chi connectivity index (χ1n) is 10.6. The van der Waals surface area contributed by atoms with Crippen molar-refractivity contribution in [2.75, 3.05) is 5.32 Å². The molecule has 160 valence electrons. The lowest BCUT2D eigenvalue weighted by atomic mass is 9.72. The minimum absolute atomic E-state index is 0.0823. The van der Waals surface area contributed by atoms with Crippen LogP contribution in [0.3, 0.4) is 0 Å². The van der Waals surface area contributed by atoms with Gasteiger partial charge in [-0.25, -0.2) is 4.99 Å². The van der Waals surface area contributed by atoms with E-state index in [-0.39, 0.29) is 11.3 Å². The number of benzene rings is 2. The van der Waals surface area contributed by atoms with Gasteiger partial charge in [-0.15, -0.1) is 11.3 Å². The fraction of sp³-hybridized carbons (Fsp3) is 0.308. The van der Waals surface area contributed by atoms with E-state index in [2.05, 4.69) is 26.1 Å². The van der Waals surface area contributed by atoms with E-state index in [9.17, 15) is 4.79 Å².